The summed E-state index contributed by atoms with van der Waals surface area (Å²) in [5.41, 5.74) is 0. The first kappa shape index (κ1) is 12.8. The minimum atomic E-state index is -3.24. The molecule has 0 aliphatic carbocycles. The lowest BCUT2D eigenvalue weighted by Gasteiger charge is -2.17. The summed E-state index contributed by atoms with van der Waals surface area (Å²) >= 11 is 5.37. The van der Waals surface area contributed by atoms with E-state index in [0.717, 1.165) is 6.42 Å². The molecule has 0 saturated carbocycles. The molecule has 0 aliphatic rings. The van der Waals surface area contributed by atoms with Gasteiger partial charge in [-0.05, 0) is 6.42 Å². The Balaban J connectivity index is 4.44. The second kappa shape index (κ2) is 6.25. The van der Waals surface area contributed by atoms with E-state index in [1.54, 1.807) is 0 Å². The summed E-state index contributed by atoms with van der Waals surface area (Å²) in [6, 6.07) is 0. The summed E-state index contributed by atoms with van der Waals surface area (Å²) in [6.45, 7) is 2.50. The fraction of sp³-hybridized carbons (Fsp3) is 0.750. The maximum atomic E-state index is 11.5. The molecule has 0 saturated heterocycles. The van der Waals surface area contributed by atoms with Crippen molar-refractivity contribution in [2.75, 3.05) is 24.7 Å². The molecule has 5 heteroatoms. The van der Waals surface area contributed by atoms with E-state index in [1.165, 1.54) is 4.31 Å². The Kier molecular flexibility index (Phi) is 6.13. The number of hydrogen-bond acceptors (Lipinski definition) is 2. The van der Waals surface area contributed by atoms with Gasteiger partial charge >= 0.3 is 0 Å². The third kappa shape index (κ3) is 4.51. The molecule has 0 atom stereocenters. The van der Waals surface area contributed by atoms with Crippen LogP contribution in [0.3, 0.4) is 0 Å². The van der Waals surface area contributed by atoms with Crippen LogP contribution in [0.4, 0.5) is 0 Å². The molecule has 0 aromatic carbocycles. The zero-order valence-corrected chi connectivity index (χ0v) is 9.24. The van der Waals surface area contributed by atoms with E-state index >= 15 is 0 Å². The van der Waals surface area contributed by atoms with Crippen LogP contribution in [-0.2, 0) is 10.0 Å². The Hall–Kier alpha value is -0.240. The number of hydrogen-bond donors (Lipinski definition) is 0. The number of rotatable bonds is 6. The van der Waals surface area contributed by atoms with Gasteiger partial charge in [0, 0.05) is 12.4 Å². The predicted molar refractivity (Wildman–Crippen MR) is 55.2 cm³/mol. The number of alkyl halides is 1. The van der Waals surface area contributed by atoms with Crippen LogP contribution in [0.5, 0.6) is 0 Å². The van der Waals surface area contributed by atoms with Crippen LogP contribution in [-0.4, -0.2) is 37.4 Å². The molecule has 0 unspecified atom stereocenters. The van der Waals surface area contributed by atoms with E-state index in [-0.39, 0.29) is 18.2 Å². The van der Waals surface area contributed by atoms with Gasteiger partial charge in [0.15, 0.2) is 0 Å². The van der Waals surface area contributed by atoms with Crippen LogP contribution in [0.15, 0.2) is 0 Å². The molecular formula is C8H14ClNO2S. The molecule has 0 aliphatic heterocycles. The van der Waals surface area contributed by atoms with E-state index in [1.807, 2.05) is 6.92 Å². The van der Waals surface area contributed by atoms with Crippen molar-refractivity contribution in [2.24, 2.45) is 0 Å². The topological polar surface area (TPSA) is 37.4 Å². The highest BCUT2D eigenvalue weighted by atomic mass is 35.5. The zero-order valence-electron chi connectivity index (χ0n) is 7.66. The monoisotopic (exact) mass is 223 g/mol. The minimum absolute atomic E-state index is 0.0454. The fourth-order valence-electron chi connectivity index (χ4n) is 0.894. The average Bonchev–Trinajstić information content (AvgIpc) is 2.04. The molecular weight excluding hydrogens is 210 g/mol. The normalized spacial score (nSPS) is 11.5. The second-order valence-corrected chi connectivity index (χ2v) is 5.01. The summed E-state index contributed by atoms with van der Waals surface area (Å²) in [5, 5.41) is 0. The van der Waals surface area contributed by atoms with Crippen LogP contribution in [0.1, 0.15) is 13.3 Å². The molecule has 0 bridgehead atoms. The molecule has 13 heavy (non-hydrogen) atoms. The number of terminal acetylenes is 1. The van der Waals surface area contributed by atoms with E-state index in [9.17, 15) is 8.42 Å². The molecule has 0 aromatic heterocycles. The summed E-state index contributed by atoms with van der Waals surface area (Å²) in [5.74, 6) is 2.38. The average molecular weight is 224 g/mol. The van der Waals surface area contributed by atoms with Gasteiger partial charge in [0.25, 0.3) is 0 Å². The van der Waals surface area contributed by atoms with Crippen molar-refractivity contribution in [3.63, 3.8) is 0 Å². The Labute approximate surface area is 85.1 Å². The highest BCUT2D eigenvalue weighted by Crippen LogP contribution is 2.02. The Bertz CT molecular complexity index is 268. The summed E-state index contributed by atoms with van der Waals surface area (Å²) in [7, 11) is -3.24. The Morgan fingerprint density at radius 2 is 2.15 bits per heavy atom. The van der Waals surface area contributed by atoms with Crippen LogP contribution in [0, 0.1) is 12.3 Å². The summed E-state index contributed by atoms with van der Waals surface area (Å²) < 4.78 is 24.2. The first-order valence-corrected chi connectivity index (χ1v) is 6.20. The van der Waals surface area contributed by atoms with Crippen molar-refractivity contribution in [1.82, 2.24) is 4.31 Å². The van der Waals surface area contributed by atoms with Gasteiger partial charge in [-0.1, -0.05) is 12.8 Å². The smallest absolute Gasteiger partial charge is 0.212 e. The number of sulfonamides is 1. The van der Waals surface area contributed by atoms with Crippen molar-refractivity contribution in [1.29, 1.82) is 0 Å². The van der Waals surface area contributed by atoms with Gasteiger partial charge in [-0.25, -0.2) is 8.42 Å². The zero-order chi connectivity index (χ0) is 10.3. The van der Waals surface area contributed by atoms with Crippen LogP contribution < -0.4 is 0 Å². The number of nitrogens with zero attached hydrogens (tertiary/aromatic N) is 1. The van der Waals surface area contributed by atoms with E-state index in [4.69, 9.17) is 18.0 Å². The third-order valence-electron chi connectivity index (χ3n) is 1.47. The van der Waals surface area contributed by atoms with E-state index in [0.29, 0.717) is 6.54 Å². The molecule has 0 radical (unpaired) electrons. The first-order chi connectivity index (χ1) is 6.08. The van der Waals surface area contributed by atoms with Gasteiger partial charge in [-0.2, -0.15) is 4.31 Å². The van der Waals surface area contributed by atoms with Gasteiger partial charge in [-0.3, -0.25) is 0 Å². The lowest BCUT2D eigenvalue weighted by atomic mass is 10.5. The van der Waals surface area contributed by atoms with Gasteiger partial charge in [-0.15, -0.1) is 18.0 Å². The highest BCUT2D eigenvalue weighted by Gasteiger charge is 2.18. The molecule has 0 spiro atoms. The molecule has 0 amide bonds. The van der Waals surface area contributed by atoms with Gasteiger partial charge < -0.3 is 0 Å². The van der Waals surface area contributed by atoms with E-state index in [2.05, 4.69) is 5.92 Å². The van der Waals surface area contributed by atoms with Gasteiger partial charge in [0.1, 0.15) is 0 Å². The Morgan fingerprint density at radius 1 is 1.54 bits per heavy atom. The number of halogens is 1. The molecule has 0 rings (SSSR count). The molecule has 0 fully saturated rings. The van der Waals surface area contributed by atoms with Crippen molar-refractivity contribution >= 4 is 21.6 Å². The van der Waals surface area contributed by atoms with Crippen molar-refractivity contribution in [2.45, 2.75) is 13.3 Å². The summed E-state index contributed by atoms with van der Waals surface area (Å²) in [4.78, 5) is 0. The molecule has 0 N–H and O–H groups in total. The lowest BCUT2D eigenvalue weighted by molar-refractivity contribution is 0.447. The highest BCUT2D eigenvalue weighted by molar-refractivity contribution is 7.89. The third-order valence-corrected chi connectivity index (χ3v) is 3.70. The predicted octanol–water partition coefficient (Wildman–Crippen LogP) is 0.900. The molecule has 0 aromatic rings. The van der Waals surface area contributed by atoms with Gasteiger partial charge in [0.2, 0.25) is 10.0 Å². The Morgan fingerprint density at radius 3 is 2.54 bits per heavy atom. The lowest BCUT2D eigenvalue weighted by Crippen LogP contribution is -2.34. The SMILES string of the molecule is C#CCN(CCC)S(=O)(=O)CCCl. The molecule has 3 nitrogen and oxygen atoms in total. The maximum Gasteiger partial charge on any atom is 0.216 e. The standard InChI is InChI=1S/C8H14ClNO2S/c1-3-6-10(7-4-2)13(11,12)8-5-9/h1H,4-8H2,2H3. The van der Waals surface area contributed by atoms with Crippen LogP contribution >= 0.6 is 11.6 Å². The summed E-state index contributed by atoms with van der Waals surface area (Å²) in [6.07, 6.45) is 5.82. The second-order valence-electron chi connectivity index (χ2n) is 2.54. The van der Waals surface area contributed by atoms with Crippen molar-refractivity contribution in [3.05, 3.63) is 0 Å². The first-order valence-electron chi connectivity index (χ1n) is 4.05. The fourth-order valence-corrected chi connectivity index (χ4v) is 2.66. The quantitative estimate of drug-likeness (QED) is 0.496. The van der Waals surface area contributed by atoms with Crippen LogP contribution in [0.25, 0.3) is 0 Å². The van der Waals surface area contributed by atoms with Crippen molar-refractivity contribution < 1.29 is 8.42 Å². The minimum Gasteiger partial charge on any atom is -0.212 e. The molecule has 0 heterocycles. The molecule has 76 valence electrons. The largest absolute Gasteiger partial charge is 0.216 e. The van der Waals surface area contributed by atoms with Crippen LogP contribution in [0.2, 0.25) is 0 Å². The van der Waals surface area contributed by atoms with E-state index < -0.39 is 10.0 Å². The maximum absolute atomic E-state index is 11.5. The van der Waals surface area contributed by atoms with Gasteiger partial charge in [0.05, 0.1) is 12.3 Å². The van der Waals surface area contributed by atoms with Crippen molar-refractivity contribution in [3.8, 4) is 12.3 Å².